The first-order valence-electron chi connectivity index (χ1n) is 6.06. The van der Waals surface area contributed by atoms with Crippen LogP contribution in [-0.2, 0) is 13.2 Å². The van der Waals surface area contributed by atoms with Gasteiger partial charge in [0.1, 0.15) is 12.4 Å². The van der Waals surface area contributed by atoms with Gasteiger partial charge < -0.3 is 10.5 Å². The Morgan fingerprint density at radius 3 is 2.67 bits per heavy atom. The van der Waals surface area contributed by atoms with Crippen LogP contribution >= 0.6 is 27.5 Å². The number of nitrogens with two attached hydrogens (primary N) is 1. The number of para-hydroxylation sites is 1. The minimum atomic E-state index is -0.478. The van der Waals surface area contributed by atoms with Gasteiger partial charge in [-0.3, -0.25) is 10.1 Å². The Bertz CT molecular complexity index is 679. The van der Waals surface area contributed by atoms with E-state index in [2.05, 4.69) is 15.9 Å². The monoisotopic (exact) mass is 370 g/mol. The van der Waals surface area contributed by atoms with Crippen LogP contribution in [0.4, 0.5) is 5.69 Å². The lowest BCUT2D eigenvalue weighted by atomic mass is 10.2. The zero-order valence-corrected chi connectivity index (χ0v) is 13.2. The summed E-state index contributed by atoms with van der Waals surface area (Å²) in [7, 11) is 0. The lowest BCUT2D eigenvalue weighted by molar-refractivity contribution is -0.385. The Kier molecular flexibility index (Phi) is 5.17. The maximum absolute atomic E-state index is 11.0. The maximum atomic E-state index is 11.0. The highest BCUT2D eigenvalue weighted by Gasteiger charge is 2.18. The molecule has 5 nitrogen and oxygen atoms in total. The molecule has 7 heteroatoms. The number of nitro benzene ring substituents is 1. The number of benzene rings is 2. The average Bonchev–Trinajstić information content (AvgIpc) is 2.46. The molecule has 0 aromatic heterocycles. The molecule has 0 saturated carbocycles. The van der Waals surface area contributed by atoms with Crippen molar-refractivity contribution < 1.29 is 9.66 Å². The van der Waals surface area contributed by atoms with Crippen LogP contribution in [0, 0.1) is 10.1 Å². The van der Waals surface area contributed by atoms with Crippen molar-refractivity contribution in [3.8, 4) is 5.75 Å². The second kappa shape index (κ2) is 6.89. The van der Waals surface area contributed by atoms with Crippen LogP contribution in [0.25, 0.3) is 0 Å². The first-order valence-corrected chi connectivity index (χ1v) is 7.23. The summed E-state index contributed by atoms with van der Waals surface area (Å²) in [4.78, 5) is 10.6. The first-order chi connectivity index (χ1) is 10.0. The van der Waals surface area contributed by atoms with Crippen molar-refractivity contribution in [1.82, 2.24) is 0 Å². The highest BCUT2D eigenvalue weighted by atomic mass is 79.9. The molecule has 21 heavy (non-hydrogen) atoms. The Balaban J connectivity index is 2.31. The van der Waals surface area contributed by atoms with Gasteiger partial charge in [-0.25, -0.2) is 0 Å². The van der Waals surface area contributed by atoms with Crippen molar-refractivity contribution in [3.05, 3.63) is 67.1 Å². The highest BCUT2D eigenvalue weighted by molar-refractivity contribution is 9.10. The molecule has 2 aromatic carbocycles. The largest absolute Gasteiger partial charge is 0.487 e. The Morgan fingerprint density at radius 1 is 1.29 bits per heavy atom. The summed E-state index contributed by atoms with van der Waals surface area (Å²) < 4.78 is 6.44. The van der Waals surface area contributed by atoms with E-state index in [4.69, 9.17) is 22.1 Å². The second-order valence-corrected chi connectivity index (χ2v) is 5.48. The standard InChI is InChI=1S/C14H12BrClN2O3/c15-11-4-1-3-9(7-17)14(11)21-8-10-12(16)5-2-6-13(10)18(19)20/h1-6H,7-8,17H2. The van der Waals surface area contributed by atoms with Gasteiger partial charge in [0.25, 0.3) is 5.69 Å². The zero-order valence-electron chi connectivity index (χ0n) is 10.9. The number of rotatable bonds is 5. The molecule has 0 aliphatic carbocycles. The SMILES string of the molecule is NCc1cccc(Br)c1OCc1c(Cl)cccc1[N+](=O)[O-]. The molecule has 0 amide bonds. The third-order valence-corrected chi connectivity index (χ3v) is 3.90. The number of nitrogens with zero attached hydrogens (tertiary/aromatic N) is 1. The Labute approximate surface area is 134 Å². The molecule has 0 aliphatic rings. The first kappa shape index (κ1) is 15.8. The fraction of sp³-hybridized carbons (Fsp3) is 0.143. The van der Waals surface area contributed by atoms with E-state index in [0.717, 1.165) is 10.0 Å². The summed E-state index contributed by atoms with van der Waals surface area (Å²) in [5, 5.41) is 11.3. The topological polar surface area (TPSA) is 78.4 Å². The summed E-state index contributed by atoms with van der Waals surface area (Å²) >= 11 is 9.41. The minimum Gasteiger partial charge on any atom is -0.487 e. The molecule has 0 heterocycles. The third kappa shape index (κ3) is 3.53. The molecule has 0 unspecified atom stereocenters. The molecule has 0 spiro atoms. The van der Waals surface area contributed by atoms with E-state index in [1.807, 2.05) is 18.2 Å². The highest BCUT2D eigenvalue weighted by Crippen LogP contribution is 2.32. The number of hydrogen-bond acceptors (Lipinski definition) is 4. The van der Waals surface area contributed by atoms with E-state index in [1.54, 1.807) is 6.07 Å². The quantitative estimate of drug-likeness (QED) is 0.635. The predicted octanol–water partition coefficient (Wildman–Crippen LogP) is 4.05. The molecule has 2 rings (SSSR count). The Hall–Kier alpha value is -1.63. The molecular weight excluding hydrogens is 360 g/mol. The molecule has 110 valence electrons. The van der Waals surface area contributed by atoms with Crippen LogP contribution in [0.1, 0.15) is 11.1 Å². The average molecular weight is 372 g/mol. The van der Waals surface area contributed by atoms with Crippen LogP contribution in [0.15, 0.2) is 40.9 Å². The Morgan fingerprint density at radius 2 is 2.00 bits per heavy atom. The smallest absolute Gasteiger partial charge is 0.277 e. The summed E-state index contributed by atoms with van der Waals surface area (Å²) in [6.45, 7) is 0.297. The summed E-state index contributed by atoms with van der Waals surface area (Å²) in [6, 6.07) is 10.0. The number of ether oxygens (including phenoxy) is 1. The van der Waals surface area contributed by atoms with E-state index in [-0.39, 0.29) is 12.3 Å². The molecular formula is C14H12BrClN2O3. The molecule has 0 aliphatic heterocycles. The third-order valence-electron chi connectivity index (χ3n) is 2.92. The van der Waals surface area contributed by atoms with Crippen LogP contribution in [-0.4, -0.2) is 4.92 Å². The minimum absolute atomic E-state index is 0.00833. The molecule has 0 atom stereocenters. The number of halogens is 2. The van der Waals surface area contributed by atoms with E-state index in [0.29, 0.717) is 22.9 Å². The van der Waals surface area contributed by atoms with Gasteiger partial charge in [-0.2, -0.15) is 0 Å². The molecule has 0 saturated heterocycles. The van der Waals surface area contributed by atoms with Crippen molar-refractivity contribution in [1.29, 1.82) is 0 Å². The fourth-order valence-corrected chi connectivity index (χ4v) is 2.63. The van der Waals surface area contributed by atoms with Gasteiger partial charge in [0.2, 0.25) is 0 Å². The van der Waals surface area contributed by atoms with Crippen molar-refractivity contribution >= 4 is 33.2 Å². The molecule has 2 N–H and O–H groups in total. The molecule has 2 aromatic rings. The molecule has 0 fully saturated rings. The van der Waals surface area contributed by atoms with Gasteiger partial charge in [0.05, 0.1) is 20.0 Å². The summed E-state index contributed by atoms with van der Waals surface area (Å²) in [5.41, 5.74) is 6.74. The van der Waals surface area contributed by atoms with E-state index in [9.17, 15) is 10.1 Å². The second-order valence-electron chi connectivity index (χ2n) is 4.22. The number of hydrogen-bond donors (Lipinski definition) is 1. The molecule has 0 bridgehead atoms. The van der Waals surface area contributed by atoms with Gasteiger partial charge in [-0.15, -0.1) is 0 Å². The van der Waals surface area contributed by atoms with Crippen LogP contribution in [0.3, 0.4) is 0 Å². The summed E-state index contributed by atoms with van der Waals surface area (Å²) in [5.74, 6) is 0.564. The lowest BCUT2D eigenvalue weighted by Gasteiger charge is -2.13. The maximum Gasteiger partial charge on any atom is 0.277 e. The predicted molar refractivity (Wildman–Crippen MR) is 84.5 cm³/mol. The zero-order chi connectivity index (χ0) is 15.4. The normalized spacial score (nSPS) is 10.4. The van der Waals surface area contributed by atoms with E-state index < -0.39 is 4.92 Å². The van der Waals surface area contributed by atoms with Crippen LogP contribution < -0.4 is 10.5 Å². The van der Waals surface area contributed by atoms with E-state index >= 15 is 0 Å². The lowest BCUT2D eigenvalue weighted by Crippen LogP contribution is -2.05. The van der Waals surface area contributed by atoms with Gasteiger partial charge in [0.15, 0.2) is 0 Å². The van der Waals surface area contributed by atoms with Gasteiger partial charge in [0, 0.05) is 18.2 Å². The molecule has 0 radical (unpaired) electrons. The van der Waals surface area contributed by atoms with E-state index in [1.165, 1.54) is 12.1 Å². The van der Waals surface area contributed by atoms with Crippen LogP contribution in [0.5, 0.6) is 5.75 Å². The van der Waals surface area contributed by atoms with Crippen LogP contribution in [0.2, 0.25) is 5.02 Å². The van der Waals surface area contributed by atoms with Gasteiger partial charge in [-0.1, -0.05) is 29.8 Å². The fourth-order valence-electron chi connectivity index (χ4n) is 1.88. The van der Waals surface area contributed by atoms with Gasteiger partial charge in [-0.05, 0) is 28.1 Å². The number of nitro groups is 1. The van der Waals surface area contributed by atoms with Crippen molar-refractivity contribution in [2.45, 2.75) is 13.2 Å². The van der Waals surface area contributed by atoms with Gasteiger partial charge >= 0.3 is 0 Å². The van der Waals surface area contributed by atoms with Crippen molar-refractivity contribution in [2.75, 3.05) is 0 Å². The van der Waals surface area contributed by atoms with Crippen molar-refractivity contribution in [3.63, 3.8) is 0 Å². The van der Waals surface area contributed by atoms with Crippen molar-refractivity contribution in [2.24, 2.45) is 5.73 Å². The summed E-state index contributed by atoms with van der Waals surface area (Å²) in [6.07, 6.45) is 0.